The van der Waals surface area contributed by atoms with Crippen molar-refractivity contribution in [2.24, 2.45) is 0 Å². The lowest BCUT2D eigenvalue weighted by atomic mass is 10.1. The molecule has 1 aliphatic rings. The number of halogens is 1. The van der Waals surface area contributed by atoms with Gasteiger partial charge in [-0.15, -0.1) is 16.4 Å². The highest BCUT2D eigenvalue weighted by Gasteiger charge is 2.27. The summed E-state index contributed by atoms with van der Waals surface area (Å²) in [6.45, 7) is 3.80. The van der Waals surface area contributed by atoms with Gasteiger partial charge in [0.05, 0.1) is 17.7 Å². The standard InChI is InChI=1S/C26H26FN5O2S/c1-34-22-10-4-19(5-11-22)12-13-30-14-16-31(17-15-30)26(33)24-28-25(23-3-2-18-35-23)32(29-24)21-8-6-20(27)7-9-21/h2-11,18H,12-17H2,1H3. The van der Waals surface area contributed by atoms with E-state index in [1.807, 2.05) is 34.5 Å². The van der Waals surface area contributed by atoms with Crippen molar-refractivity contribution in [3.8, 4) is 22.1 Å². The number of carbonyl (C=O) groups excluding carboxylic acids is 1. The van der Waals surface area contributed by atoms with Crippen molar-refractivity contribution in [2.45, 2.75) is 6.42 Å². The average molecular weight is 492 g/mol. The molecule has 180 valence electrons. The smallest absolute Gasteiger partial charge is 0.293 e. The molecule has 1 aliphatic heterocycles. The van der Waals surface area contributed by atoms with Crippen LogP contribution in [0.3, 0.4) is 0 Å². The van der Waals surface area contributed by atoms with E-state index in [4.69, 9.17) is 4.74 Å². The highest BCUT2D eigenvalue weighted by atomic mass is 32.1. The molecule has 0 aliphatic carbocycles. The molecule has 0 N–H and O–H groups in total. The fourth-order valence-electron chi connectivity index (χ4n) is 4.13. The van der Waals surface area contributed by atoms with Crippen LogP contribution < -0.4 is 4.74 Å². The molecule has 7 nitrogen and oxygen atoms in total. The monoisotopic (exact) mass is 491 g/mol. The SMILES string of the molecule is COc1ccc(CCN2CCN(C(=O)c3nc(-c4cccs4)n(-c4ccc(F)cc4)n3)CC2)cc1. The van der Waals surface area contributed by atoms with Crippen LogP contribution in [0.1, 0.15) is 16.2 Å². The molecule has 0 radical (unpaired) electrons. The average Bonchev–Trinajstić information content (AvgIpc) is 3.59. The summed E-state index contributed by atoms with van der Waals surface area (Å²) < 4.78 is 20.3. The Morgan fingerprint density at radius 3 is 2.43 bits per heavy atom. The van der Waals surface area contributed by atoms with Crippen LogP contribution in [-0.2, 0) is 6.42 Å². The predicted octanol–water partition coefficient (Wildman–Crippen LogP) is 4.14. The number of methoxy groups -OCH3 is 1. The summed E-state index contributed by atoms with van der Waals surface area (Å²) in [6.07, 6.45) is 0.950. The number of benzene rings is 2. The third kappa shape index (κ3) is 5.26. The Morgan fingerprint density at radius 2 is 1.77 bits per heavy atom. The van der Waals surface area contributed by atoms with E-state index in [0.717, 1.165) is 36.7 Å². The molecule has 0 saturated carbocycles. The zero-order chi connectivity index (χ0) is 24.2. The van der Waals surface area contributed by atoms with Crippen LogP contribution in [0.15, 0.2) is 66.0 Å². The number of carbonyl (C=O) groups is 1. The molecular formula is C26H26FN5O2S. The third-order valence-corrected chi connectivity index (χ3v) is 7.01. The molecule has 9 heteroatoms. The van der Waals surface area contributed by atoms with E-state index in [1.54, 1.807) is 23.9 Å². The van der Waals surface area contributed by atoms with Gasteiger partial charge >= 0.3 is 0 Å². The summed E-state index contributed by atoms with van der Waals surface area (Å²) in [7, 11) is 1.67. The Kier molecular flexibility index (Phi) is 6.87. The summed E-state index contributed by atoms with van der Waals surface area (Å²) in [5, 5.41) is 6.48. The molecule has 1 amide bonds. The number of thiophene rings is 1. The molecule has 2 aromatic carbocycles. The first kappa shape index (κ1) is 23.2. The van der Waals surface area contributed by atoms with Gasteiger partial charge in [0.2, 0.25) is 5.82 Å². The lowest BCUT2D eigenvalue weighted by Crippen LogP contribution is -2.49. The molecule has 0 atom stereocenters. The Morgan fingerprint density at radius 1 is 1.03 bits per heavy atom. The number of hydrogen-bond acceptors (Lipinski definition) is 6. The molecule has 0 spiro atoms. The van der Waals surface area contributed by atoms with Crippen molar-refractivity contribution in [3.63, 3.8) is 0 Å². The Balaban J connectivity index is 1.25. The fraction of sp³-hybridized carbons (Fsp3) is 0.269. The zero-order valence-corrected chi connectivity index (χ0v) is 20.2. The van der Waals surface area contributed by atoms with Gasteiger partial charge in [0, 0.05) is 32.7 Å². The van der Waals surface area contributed by atoms with Crippen LogP contribution in [-0.4, -0.2) is 70.3 Å². The first-order chi connectivity index (χ1) is 17.1. The summed E-state index contributed by atoms with van der Waals surface area (Å²) >= 11 is 1.52. The number of piperazine rings is 1. The Hall–Kier alpha value is -3.56. The van der Waals surface area contributed by atoms with Gasteiger partial charge in [0.25, 0.3) is 5.91 Å². The minimum atomic E-state index is -0.326. The zero-order valence-electron chi connectivity index (χ0n) is 19.4. The van der Waals surface area contributed by atoms with E-state index >= 15 is 0 Å². The quantitative estimate of drug-likeness (QED) is 0.389. The van der Waals surface area contributed by atoms with Crippen molar-refractivity contribution in [1.29, 1.82) is 0 Å². The highest BCUT2D eigenvalue weighted by Crippen LogP contribution is 2.26. The molecular weight excluding hydrogens is 465 g/mol. The number of ether oxygens (including phenoxy) is 1. The Labute approximate surface area is 207 Å². The van der Waals surface area contributed by atoms with Crippen LogP contribution in [0, 0.1) is 5.82 Å². The van der Waals surface area contributed by atoms with Crippen LogP contribution in [0.2, 0.25) is 0 Å². The van der Waals surface area contributed by atoms with Gasteiger partial charge in [-0.25, -0.2) is 14.1 Å². The van der Waals surface area contributed by atoms with Crippen molar-refractivity contribution >= 4 is 17.2 Å². The molecule has 0 unspecified atom stereocenters. The lowest BCUT2D eigenvalue weighted by molar-refractivity contribution is 0.0626. The molecule has 1 saturated heterocycles. The molecule has 0 bridgehead atoms. The second-order valence-electron chi connectivity index (χ2n) is 8.36. The normalized spacial score (nSPS) is 14.3. The predicted molar refractivity (Wildman–Crippen MR) is 134 cm³/mol. The van der Waals surface area contributed by atoms with E-state index in [-0.39, 0.29) is 17.5 Å². The van der Waals surface area contributed by atoms with E-state index < -0.39 is 0 Å². The Bertz CT molecular complexity index is 1260. The number of hydrogen-bond donors (Lipinski definition) is 0. The van der Waals surface area contributed by atoms with Crippen molar-refractivity contribution in [2.75, 3.05) is 39.8 Å². The first-order valence-electron chi connectivity index (χ1n) is 11.5. The second-order valence-corrected chi connectivity index (χ2v) is 9.30. The van der Waals surface area contributed by atoms with E-state index in [2.05, 4.69) is 27.1 Å². The van der Waals surface area contributed by atoms with Gasteiger partial charge in [-0.1, -0.05) is 18.2 Å². The third-order valence-electron chi connectivity index (χ3n) is 6.15. The van der Waals surface area contributed by atoms with Crippen LogP contribution >= 0.6 is 11.3 Å². The van der Waals surface area contributed by atoms with Crippen molar-refractivity contribution < 1.29 is 13.9 Å². The molecule has 1 fully saturated rings. The summed E-state index contributed by atoms with van der Waals surface area (Å²) in [4.78, 5) is 22.9. The molecule has 2 aromatic heterocycles. The van der Waals surface area contributed by atoms with Crippen molar-refractivity contribution in [1.82, 2.24) is 24.6 Å². The van der Waals surface area contributed by atoms with Crippen LogP contribution in [0.5, 0.6) is 5.75 Å². The van der Waals surface area contributed by atoms with Gasteiger partial charge in [0.1, 0.15) is 11.6 Å². The summed E-state index contributed by atoms with van der Waals surface area (Å²) in [6, 6.07) is 18.0. The topological polar surface area (TPSA) is 63.5 Å². The van der Waals surface area contributed by atoms with Gasteiger partial charge in [-0.2, -0.15) is 0 Å². The molecule has 35 heavy (non-hydrogen) atoms. The molecule has 5 rings (SSSR count). The van der Waals surface area contributed by atoms with Crippen LogP contribution in [0.4, 0.5) is 4.39 Å². The van der Waals surface area contributed by atoms with Crippen LogP contribution in [0.25, 0.3) is 16.4 Å². The minimum absolute atomic E-state index is 0.157. The summed E-state index contributed by atoms with van der Waals surface area (Å²) in [5.41, 5.74) is 1.92. The lowest BCUT2D eigenvalue weighted by Gasteiger charge is -2.34. The fourth-order valence-corrected chi connectivity index (χ4v) is 4.82. The maximum Gasteiger partial charge on any atom is 0.293 e. The van der Waals surface area contributed by atoms with Gasteiger partial charge in [-0.3, -0.25) is 9.69 Å². The largest absolute Gasteiger partial charge is 0.497 e. The molecule has 3 heterocycles. The highest BCUT2D eigenvalue weighted by molar-refractivity contribution is 7.13. The summed E-state index contributed by atoms with van der Waals surface area (Å²) in [5.74, 6) is 1.09. The van der Waals surface area contributed by atoms with E-state index in [9.17, 15) is 9.18 Å². The van der Waals surface area contributed by atoms with Gasteiger partial charge in [0.15, 0.2) is 5.82 Å². The molecule has 4 aromatic rings. The second kappa shape index (κ2) is 10.4. The number of nitrogens with zero attached hydrogens (tertiary/aromatic N) is 5. The first-order valence-corrected chi connectivity index (χ1v) is 12.4. The van der Waals surface area contributed by atoms with Gasteiger partial charge < -0.3 is 9.64 Å². The van der Waals surface area contributed by atoms with E-state index in [0.29, 0.717) is 24.6 Å². The minimum Gasteiger partial charge on any atom is -0.497 e. The maximum absolute atomic E-state index is 13.5. The van der Waals surface area contributed by atoms with Gasteiger partial charge in [-0.05, 0) is 59.8 Å². The number of amides is 1. The number of aromatic nitrogens is 3. The number of rotatable bonds is 7. The van der Waals surface area contributed by atoms with Crippen molar-refractivity contribution in [3.05, 3.63) is 83.2 Å². The van der Waals surface area contributed by atoms with E-state index in [1.165, 1.54) is 29.0 Å². The maximum atomic E-state index is 13.5.